The average molecular weight is 278 g/mol. The van der Waals surface area contributed by atoms with Crippen molar-refractivity contribution in [3.05, 3.63) is 33.9 Å². The molecule has 0 aromatic heterocycles. The molecule has 2 amide bonds. The summed E-state index contributed by atoms with van der Waals surface area (Å²) in [5.41, 5.74) is 5.48. The summed E-state index contributed by atoms with van der Waals surface area (Å²) >= 11 is 0. The van der Waals surface area contributed by atoms with Crippen molar-refractivity contribution < 1.29 is 14.5 Å². The lowest BCUT2D eigenvalue weighted by atomic mass is 10.1. The van der Waals surface area contributed by atoms with Gasteiger partial charge < -0.3 is 16.4 Å². The summed E-state index contributed by atoms with van der Waals surface area (Å²) in [5.74, 6) is -0.406. The van der Waals surface area contributed by atoms with E-state index in [9.17, 15) is 19.7 Å². The molecule has 1 fully saturated rings. The van der Waals surface area contributed by atoms with E-state index in [1.165, 1.54) is 18.2 Å². The van der Waals surface area contributed by atoms with Gasteiger partial charge in [0, 0.05) is 30.6 Å². The van der Waals surface area contributed by atoms with Crippen molar-refractivity contribution in [1.29, 1.82) is 0 Å². The number of nitrogens with one attached hydrogen (secondary N) is 2. The number of hydrogen-bond acceptors (Lipinski definition) is 5. The van der Waals surface area contributed by atoms with E-state index in [1.807, 2.05) is 0 Å². The van der Waals surface area contributed by atoms with Crippen molar-refractivity contribution in [3.8, 4) is 0 Å². The van der Waals surface area contributed by atoms with Gasteiger partial charge in [-0.25, -0.2) is 0 Å². The molecule has 2 rings (SSSR count). The first-order valence-electron chi connectivity index (χ1n) is 6.09. The summed E-state index contributed by atoms with van der Waals surface area (Å²) in [5, 5.41) is 16.0. The zero-order valence-electron chi connectivity index (χ0n) is 10.6. The molecular formula is C12H14N4O4. The Hall–Kier alpha value is -2.64. The van der Waals surface area contributed by atoms with E-state index >= 15 is 0 Å². The maximum atomic E-state index is 11.9. The van der Waals surface area contributed by atoms with Gasteiger partial charge in [0.1, 0.15) is 5.69 Å². The number of hydrogen-bond donors (Lipinski definition) is 3. The van der Waals surface area contributed by atoms with Crippen molar-refractivity contribution in [3.63, 3.8) is 0 Å². The Labute approximate surface area is 114 Å². The second kappa shape index (κ2) is 5.55. The second-order valence-electron chi connectivity index (χ2n) is 4.54. The third kappa shape index (κ3) is 3.02. The molecule has 1 aromatic rings. The van der Waals surface area contributed by atoms with Gasteiger partial charge >= 0.3 is 0 Å². The molecule has 20 heavy (non-hydrogen) atoms. The number of nitro groups is 1. The minimum absolute atomic E-state index is 0.0242. The standard InChI is InChI=1S/C12H14N4O4/c13-9-5-7(1-3-10(9)16(19)20)12(18)14-6-8-2-4-11(17)15-8/h1,3,5,8H,2,4,6,13H2,(H,14,18)(H,15,17). The molecule has 1 aliphatic heterocycles. The lowest BCUT2D eigenvalue weighted by Gasteiger charge is -2.11. The number of nitro benzene ring substituents is 1. The predicted octanol–water partition coefficient (Wildman–Crippen LogP) is 0.185. The van der Waals surface area contributed by atoms with Crippen LogP contribution in [-0.2, 0) is 4.79 Å². The first-order chi connectivity index (χ1) is 9.47. The van der Waals surface area contributed by atoms with Crippen molar-refractivity contribution in [2.24, 2.45) is 0 Å². The molecule has 0 radical (unpaired) electrons. The number of nitrogens with two attached hydrogens (primary N) is 1. The van der Waals surface area contributed by atoms with E-state index in [-0.39, 0.29) is 34.8 Å². The van der Waals surface area contributed by atoms with Crippen LogP contribution in [0.3, 0.4) is 0 Å². The number of carbonyl (C=O) groups is 2. The summed E-state index contributed by atoms with van der Waals surface area (Å²) in [4.78, 5) is 32.9. The highest BCUT2D eigenvalue weighted by Gasteiger charge is 2.21. The van der Waals surface area contributed by atoms with E-state index in [4.69, 9.17) is 5.73 Å². The Morgan fingerprint density at radius 1 is 1.55 bits per heavy atom. The van der Waals surface area contributed by atoms with Gasteiger partial charge in [-0.15, -0.1) is 0 Å². The molecule has 0 aliphatic carbocycles. The Bertz CT molecular complexity index is 573. The Balaban J connectivity index is 1.97. The second-order valence-corrected chi connectivity index (χ2v) is 4.54. The van der Waals surface area contributed by atoms with E-state index in [0.29, 0.717) is 19.4 Å². The third-order valence-corrected chi connectivity index (χ3v) is 3.08. The lowest BCUT2D eigenvalue weighted by molar-refractivity contribution is -0.383. The van der Waals surface area contributed by atoms with Crippen LogP contribution in [0.5, 0.6) is 0 Å². The van der Waals surface area contributed by atoms with E-state index < -0.39 is 4.92 Å². The van der Waals surface area contributed by atoms with Gasteiger partial charge in [-0.3, -0.25) is 19.7 Å². The van der Waals surface area contributed by atoms with Crippen LogP contribution in [0.4, 0.5) is 11.4 Å². The molecule has 0 bridgehead atoms. The zero-order valence-corrected chi connectivity index (χ0v) is 10.6. The van der Waals surface area contributed by atoms with Crippen LogP contribution in [0, 0.1) is 10.1 Å². The maximum absolute atomic E-state index is 11.9. The first kappa shape index (κ1) is 13.8. The fourth-order valence-corrected chi connectivity index (χ4v) is 2.01. The Morgan fingerprint density at radius 2 is 2.30 bits per heavy atom. The van der Waals surface area contributed by atoms with Crippen LogP contribution < -0.4 is 16.4 Å². The number of benzene rings is 1. The molecule has 1 atom stereocenters. The number of carbonyl (C=O) groups excluding carboxylic acids is 2. The predicted molar refractivity (Wildman–Crippen MR) is 71.0 cm³/mol. The van der Waals surface area contributed by atoms with Crippen LogP contribution >= 0.6 is 0 Å². The van der Waals surface area contributed by atoms with Crippen molar-refractivity contribution >= 4 is 23.2 Å². The van der Waals surface area contributed by atoms with Gasteiger partial charge in [0.2, 0.25) is 5.91 Å². The molecule has 1 heterocycles. The van der Waals surface area contributed by atoms with Crippen LogP contribution in [-0.4, -0.2) is 29.3 Å². The van der Waals surface area contributed by atoms with Gasteiger partial charge in [0.25, 0.3) is 11.6 Å². The highest BCUT2D eigenvalue weighted by Crippen LogP contribution is 2.21. The summed E-state index contributed by atoms with van der Waals surface area (Å²) < 4.78 is 0. The van der Waals surface area contributed by atoms with Crippen LogP contribution in [0.1, 0.15) is 23.2 Å². The Kier molecular flexibility index (Phi) is 3.83. The SMILES string of the molecule is Nc1cc(C(=O)NCC2CCC(=O)N2)ccc1[N+](=O)[O-]. The molecular weight excluding hydrogens is 264 g/mol. The largest absolute Gasteiger partial charge is 0.393 e. The summed E-state index contributed by atoms with van der Waals surface area (Å²) in [7, 11) is 0. The number of anilines is 1. The molecule has 8 heteroatoms. The zero-order chi connectivity index (χ0) is 14.7. The topological polar surface area (TPSA) is 127 Å². The van der Waals surface area contributed by atoms with Crippen molar-refractivity contribution in [2.75, 3.05) is 12.3 Å². The van der Waals surface area contributed by atoms with E-state index in [2.05, 4.69) is 10.6 Å². The molecule has 0 saturated carbocycles. The third-order valence-electron chi connectivity index (χ3n) is 3.08. The average Bonchev–Trinajstić information content (AvgIpc) is 2.81. The number of rotatable bonds is 4. The highest BCUT2D eigenvalue weighted by molar-refractivity contribution is 5.95. The number of nitrogens with zero attached hydrogens (tertiary/aromatic N) is 1. The molecule has 0 spiro atoms. The van der Waals surface area contributed by atoms with E-state index in [0.717, 1.165) is 0 Å². The van der Waals surface area contributed by atoms with Gasteiger partial charge in [0.05, 0.1) is 4.92 Å². The maximum Gasteiger partial charge on any atom is 0.292 e. The molecule has 1 saturated heterocycles. The molecule has 1 unspecified atom stereocenters. The first-order valence-corrected chi connectivity index (χ1v) is 6.09. The van der Waals surface area contributed by atoms with Gasteiger partial charge in [-0.1, -0.05) is 0 Å². The van der Waals surface area contributed by atoms with E-state index in [1.54, 1.807) is 0 Å². The van der Waals surface area contributed by atoms with Crippen molar-refractivity contribution in [2.45, 2.75) is 18.9 Å². The minimum atomic E-state index is -0.606. The molecule has 106 valence electrons. The monoisotopic (exact) mass is 278 g/mol. The quantitative estimate of drug-likeness (QED) is 0.411. The molecule has 4 N–H and O–H groups in total. The lowest BCUT2D eigenvalue weighted by Crippen LogP contribution is -2.38. The smallest absolute Gasteiger partial charge is 0.292 e. The number of nitrogen functional groups attached to an aromatic ring is 1. The molecule has 1 aliphatic rings. The van der Waals surface area contributed by atoms with Crippen molar-refractivity contribution in [1.82, 2.24) is 10.6 Å². The molecule has 8 nitrogen and oxygen atoms in total. The summed E-state index contributed by atoms with van der Waals surface area (Å²) in [6.45, 7) is 0.321. The normalized spacial score (nSPS) is 17.6. The minimum Gasteiger partial charge on any atom is -0.393 e. The fraction of sp³-hybridized carbons (Fsp3) is 0.333. The summed E-state index contributed by atoms with van der Waals surface area (Å²) in [6.07, 6.45) is 1.15. The van der Waals surface area contributed by atoms with Gasteiger partial charge in [-0.05, 0) is 18.6 Å². The fourth-order valence-electron chi connectivity index (χ4n) is 2.01. The number of amides is 2. The van der Waals surface area contributed by atoms with Crippen LogP contribution in [0.2, 0.25) is 0 Å². The highest BCUT2D eigenvalue weighted by atomic mass is 16.6. The van der Waals surface area contributed by atoms with Gasteiger partial charge in [-0.2, -0.15) is 0 Å². The Morgan fingerprint density at radius 3 is 2.85 bits per heavy atom. The van der Waals surface area contributed by atoms with Gasteiger partial charge in [0.15, 0.2) is 0 Å². The summed E-state index contributed by atoms with van der Waals surface area (Å²) in [6, 6.07) is 3.74. The molecule has 1 aromatic carbocycles. The van der Waals surface area contributed by atoms with Crippen LogP contribution in [0.15, 0.2) is 18.2 Å². The van der Waals surface area contributed by atoms with Crippen LogP contribution in [0.25, 0.3) is 0 Å².